The molecule has 0 aromatic carbocycles. The predicted octanol–water partition coefficient (Wildman–Crippen LogP) is 37.1. The molecule has 0 radical (unpaired) electrons. The minimum Gasteiger partial charge on any atom is -0.466 e. The van der Waals surface area contributed by atoms with Crippen molar-refractivity contribution in [2.75, 3.05) is 78.7 Å². The largest absolute Gasteiger partial charge is 0.466 e. The summed E-state index contributed by atoms with van der Waals surface area (Å²) in [6.45, 7) is 21.0. The Morgan fingerprint density at radius 3 is 0.611 bits per heavy atom. The smallest absolute Gasteiger partial charge is 0.307 e. The maximum Gasteiger partial charge on any atom is 0.307 e. The third kappa shape index (κ3) is 101. The Kier molecular flexibility index (Phi) is 104. The molecule has 0 aromatic heterocycles. The average molecular weight is 1990 g/mol. The van der Waals surface area contributed by atoms with E-state index in [2.05, 4.69) is 275 Å². The highest BCUT2D eigenvalue weighted by Gasteiger charge is 2.22. The van der Waals surface area contributed by atoms with Crippen molar-refractivity contribution in [3.63, 3.8) is 0 Å². The zero-order valence-electron chi connectivity index (χ0n) is 93.8. The second-order valence-corrected chi connectivity index (χ2v) is 40.5. The van der Waals surface area contributed by atoms with E-state index in [1.54, 1.807) is 0 Å². The average Bonchev–Trinajstić information content (AvgIpc) is 1.79. The minimum absolute atomic E-state index is 0.157. The molecule has 0 amide bonds. The zero-order valence-corrected chi connectivity index (χ0v) is 93.8. The standard InChI is InChI=1S/C132H219N3O9/c1-7-13-19-25-28-31-34-37-40-43-46-49-52-61-70-79-91-103-127(136)121-124(97-85-22-16-10-4)100-88-76-67-58-55-64-73-82-94-118-142-130(139)106-109-133-112-114-134(110-107-131(140)143-119-95-83-74-65-56-59-68-77-89-101-125(98-86-23-17-11-5)122-128(137)104-92-80-71-62-53-50-47-44-41-38-35-32-29-26-20-14-8-2)116-117-135(115-113-133)111-108-132(141)144-120-96-84-75-66-57-60-69-78-90-102-126(99-87-24-18-12-6)123-129(138)105-93-81-72-63-54-51-48-45-42-39-36-33-30-27-21-15-9-3/h13-15,19-21,28-33,37-42,46-51,61-63,70-72,76-78,88-90,124-126H,7-12,16-18,22-27,34-36,43-45,52-60,64-69,73-75,79-87,91-123H2,1-6H3/b19-13-,20-14-,21-15-,31-28-,32-29-,33-30-,40-37-,41-38-,42-39-,49-46-,50-47-,51-48-,70-61-,71-62-,72-63-,88-76-,89-77-,90-78-. The van der Waals surface area contributed by atoms with Crippen LogP contribution in [0.4, 0.5) is 0 Å². The fourth-order valence-electron chi connectivity index (χ4n) is 17.9. The van der Waals surface area contributed by atoms with Gasteiger partial charge in [-0.1, -0.05) is 414 Å². The van der Waals surface area contributed by atoms with E-state index >= 15 is 0 Å². The van der Waals surface area contributed by atoms with Gasteiger partial charge in [-0.3, -0.25) is 28.8 Å². The molecule has 0 bridgehead atoms. The van der Waals surface area contributed by atoms with Crippen molar-refractivity contribution in [3.05, 3.63) is 219 Å². The fourth-order valence-corrected chi connectivity index (χ4v) is 17.9. The quantitative estimate of drug-likeness (QED) is 0.0248. The van der Waals surface area contributed by atoms with Crippen LogP contribution in [0.2, 0.25) is 0 Å². The van der Waals surface area contributed by atoms with Gasteiger partial charge >= 0.3 is 17.9 Å². The molecule has 1 aliphatic rings. The molecule has 816 valence electrons. The van der Waals surface area contributed by atoms with Gasteiger partial charge in [-0.25, -0.2) is 0 Å². The highest BCUT2D eigenvalue weighted by molar-refractivity contribution is 5.79. The van der Waals surface area contributed by atoms with Gasteiger partial charge < -0.3 is 28.9 Å². The summed E-state index contributed by atoms with van der Waals surface area (Å²) in [5.41, 5.74) is 0. The Balaban J connectivity index is 2.71. The number of hydrogen-bond donors (Lipinski definition) is 0. The number of rotatable bonds is 102. The number of hydrogen-bond acceptors (Lipinski definition) is 12. The predicted molar refractivity (Wildman–Crippen MR) is 625 cm³/mol. The summed E-state index contributed by atoms with van der Waals surface area (Å²) >= 11 is 0. The number of allylic oxidation sites excluding steroid dienone is 36. The first kappa shape index (κ1) is 135. The van der Waals surface area contributed by atoms with Crippen LogP contribution >= 0.6 is 0 Å². The molecule has 0 aliphatic carbocycles. The highest BCUT2D eigenvalue weighted by Crippen LogP contribution is 2.26. The van der Waals surface area contributed by atoms with Crippen molar-refractivity contribution in [3.8, 4) is 0 Å². The molecule has 1 saturated heterocycles. The number of esters is 3. The van der Waals surface area contributed by atoms with Gasteiger partial charge in [0, 0.05) is 97.4 Å². The minimum atomic E-state index is -0.157. The van der Waals surface area contributed by atoms with Gasteiger partial charge in [-0.05, 0) is 249 Å². The normalized spacial score (nSPS) is 14.6. The molecule has 12 heteroatoms. The van der Waals surface area contributed by atoms with Crippen molar-refractivity contribution in [2.24, 2.45) is 17.8 Å². The van der Waals surface area contributed by atoms with E-state index in [4.69, 9.17) is 14.2 Å². The number of Topliss-reactive ketones (excluding diaryl/α,β-unsaturated/α-hetero) is 3. The van der Waals surface area contributed by atoms with Crippen LogP contribution in [0.15, 0.2) is 219 Å². The Morgan fingerprint density at radius 1 is 0.201 bits per heavy atom. The lowest BCUT2D eigenvalue weighted by atomic mass is 9.91. The molecule has 0 saturated carbocycles. The number of nitrogens with zero attached hydrogens (tertiary/aromatic N) is 3. The molecule has 0 N–H and O–H groups in total. The number of ketones is 3. The highest BCUT2D eigenvalue weighted by atomic mass is 16.5. The second-order valence-electron chi connectivity index (χ2n) is 40.5. The fraction of sp³-hybridized carbons (Fsp3) is 0.682. The lowest BCUT2D eigenvalue weighted by Crippen LogP contribution is -2.38. The van der Waals surface area contributed by atoms with Crippen molar-refractivity contribution < 1.29 is 43.0 Å². The van der Waals surface area contributed by atoms with Crippen LogP contribution in [0.25, 0.3) is 0 Å². The maximum atomic E-state index is 13.3. The molecule has 0 aromatic rings. The molecule has 1 heterocycles. The zero-order chi connectivity index (χ0) is 104. The van der Waals surface area contributed by atoms with Crippen molar-refractivity contribution in [1.29, 1.82) is 0 Å². The number of ether oxygens (including phenoxy) is 3. The summed E-state index contributed by atoms with van der Waals surface area (Å²) in [6, 6.07) is 0. The molecule has 1 rings (SSSR count). The lowest BCUT2D eigenvalue weighted by molar-refractivity contribution is -0.145. The lowest BCUT2D eigenvalue weighted by Gasteiger charge is -2.25. The Bertz CT molecular complexity index is 3170. The van der Waals surface area contributed by atoms with E-state index in [1.165, 1.54) is 135 Å². The van der Waals surface area contributed by atoms with Crippen LogP contribution in [-0.4, -0.2) is 129 Å². The first-order valence-corrected chi connectivity index (χ1v) is 59.8. The Morgan fingerprint density at radius 2 is 0.389 bits per heavy atom. The van der Waals surface area contributed by atoms with Gasteiger partial charge in [0.1, 0.15) is 17.3 Å². The van der Waals surface area contributed by atoms with Gasteiger partial charge in [0.05, 0.1) is 39.1 Å². The van der Waals surface area contributed by atoms with E-state index in [1.807, 2.05) is 0 Å². The Labute approximate surface area is 887 Å². The monoisotopic (exact) mass is 1990 g/mol. The van der Waals surface area contributed by atoms with Crippen LogP contribution < -0.4 is 0 Å². The molecule has 3 atom stereocenters. The summed E-state index contributed by atoms with van der Waals surface area (Å²) in [6.07, 6.45) is 151. The van der Waals surface area contributed by atoms with Crippen LogP contribution in [0.1, 0.15) is 485 Å². The number of unbranched alkanes of at least 4 members (excludes halogenated alkanes) is 30. The molecular formula is C132H219N3O9. The SMILES string of the molecule is CC/C=C\C/C=C\C/C=C\C/C=C\C/C=C\CCCC(=O)CC(C/C=C\CCCCCCCCOC(=O)CCN1CCN(CCC(=O)OCCCCCCCC/C=C\CC(CCCCCC)CC(=O)CCC/C=C\C/C=C\C/C=C\C/C=C\C/C=C\CC)CCN(CCC(=O)OCCCCCCCC/C=C\CC(CCCCCC)CC(=O)CCC/C=C\C/C=C\C/C=C\C/C=C\C/C=C\CC)CC1)CCCCCC. The van der Waals surface area contributed by atoms with Gasteiger partial charge in [0.25, 0.3) is 0 Å². The molecular weight excluding hydrogens is 1770 g/mol. The van der Waals surface area contributed by atoms with Gasteiger partial charge in [-0.2, -0.15) is 0 Å². The van der Waals surface area contributed by atoms with E-state index < -0.39 is 0 Å². The summed E-state index contributed by atoms with van der Waals surface area (Å²) < 4.78 is 17.5. The number of carbonyl (C=O) groups is 6. The molecule has 1 aliphatic heterocycles. The van der Waals surface area contributed by atoms with Crippen LogP contribution in [-0.2, 0) is 43.0 Å². The van der Waals surface area contributed by atoms with Crippen LogP contribution in [0, 0.1) is 17.8 Å². The van der Waals surface area contributed by atoms with E-state index in [9.17, 15) is 28.8 Å². The first-order valence-electron chi connectivity index (χ1n) is 59.8. The van der Waals surface area contributed by atoms with E-state index in [0.717, 1.165) is 290 Å². The first-order chi connectivity index (χ1) is 71.0. The molecule has 3 unspecified atom stereocenters. The van der Waals surface area contributed by atoms with E-state index in [0.29, 0.717) is 132 Å². The third-order valence-corrected chi connectivity index (χ3v) is 27.0. The number of carbonyl (C=O) groups excluding carboxylic acids is 6. The summed E-state index contributed by atoms with van der Waals surface area (Å²) in [5.74, 6) is 2.12. The van der Waals surface area contributed by atoms with Gasteiger partial charge in [0.15, 0.2) is 0 Å². The van der Waals surface area contributed by atoms with Crippen molar-refractivity contribution in [1.82, 2.24) is 14.7 Å². The topological polar surface area (TPSA) is 140 Å². The van der Waals surface area contributed by atoms with Gasteiger partial charge in [-0.15, -0.1) is 0 Å². The maximum absolute atomic E-state index is 13.3. The second kappa shape index (κ2) is 111. The van der Waals surface area contributed by atoms with Crippen LogP contribution in [0.3, 0.4) is 0 Å². The summed E-state index contributed by atoms with van der Waals surface area (Å²) in [7, 11) is 0. The molecule has 0 spiro atoms. The van der Waals surface area contributed by atoms with Crippen LogP contribution in [0.5, 0.6) is 0 Å². The summed E-state index contributed by atoms with van der Waals surface area (Å²) in [4.78, 5) is 86.4. The van der Waals surface area contributed by atoms with E-state index in [-0.39, 0.29) is 17.9 Å². The third-order valence-electron chi connectivity index (χ3n) is 27.0. The van der Waals surface area contributed by atoms with Gasteiger partial charge in [0.2, 0.25) is 0 Å². The molecule has 12 nitrogen and oxygen atoms in total. The molecule has 144 heavy (non-hydrogen) atoms. The van der Waals surface area contributed by atoms with Crippen molar-refractivity contribution >= 4 is 35.3 Å². The van der Waals surface area contributed by atoms with Crippen molar-refractivity contribution in [2.45, 2.75) is 485 Å². The summed E-state index contributed by atoms with van der Waals surface area (Å²) in [5, 5.41) is 0. The Hall–Kier alpha value is -7.38. The molecule has 1 fully saturated rings.